The van der Waals surface area contributed by atoms with E-state index in [4.69, 9.17) is 5.73 Å². The molecule has 0 aromatic heterocycles. The van der Waals surface area contributed by atoms with E-state index in [-0.39, 0.29) is 11.7 Å². The van der Waals surface area contributed by atoms with Crippen molar-refractivity contribution in [3.05, 3.63) is 18.0 Å². The summed E-state index contributed by atoms with van der Waals surface area (Å²) in [6, 6.07) is 0. The number of thiol groups is 1. The first-order chi connectivity index (χ1) is 6.56. The zero-order valence-electron chi connectivity index (χ0n) is 7.69. The molecule has 1 unspecified atom stereocenters. The second-order valence-electron chi connectivity index (χ2n) is 3.14. The molecule has 2 N–H and O–H groups in total. The summed E-state index contributed by atoms with van der Waals surface area (Å²) in [6.45, 7) is 4.17. The molecule has 1 amide bonds. The van der Waals surface area contributed by atoms with Gasteiger partial charge in [0.15, 0.2) is 0 Å². The Morgan fingerprint density at radius 3 is 2.93 bits per heavy atom. The standard InChI is InChI=1S/C9H12N2O2S/c1-6-4-8(14)7(5-12)11(6)3-2-9(10)13/h8,14H,1-4H2,(H2,10,13). The van der Waals surface area contributed by atoms with Crippen molar-refractivity contribution >= 4 is 24.5 Å². The monoisotopic (exact) mass is 212 g/mol. The van der Waals surface area contributed by atoms with Crippen LogP contribution in [0.1, 0.15) is 12.8 Å². The highest BCUT2D eigenvalue weighted by molar-refractivity contribution is 7.81. The minimum atomic E-state index is -0.398. The average molecular weight is 212 g/mol. The summed E-state index contributed by atoms with van der Waals surface area (Å²) in [5, 5.41) is -0.159. The summed E-state index contributed by atoms with van der Waals surface area (Å²) in [5.74, 6) is 1.42. The highest BCUT2D eigenvalue weighted by Crippen LogP contribution is 2.31. The third-order valence-corrected chi connectivity index (χ3v) is 2.53. The third kappa shape index (κ3) is 2.19. The predicted octanol–water partition coefficient (Wildman–Crippen LogP) is 0.0951. The molecular weight excluding hydrogens is 200 g/mol. The van der Waals surface area contributed by atoms with Crippen LogP contribution >= 0.6 is 12.6 Å². The van der Waals surface area contributed by atoms with Gasteiger partial charge in [0.2, 0.25) is 5.91 Å². The average Bonchev–Trinajstić information content (AvgIpc) is 2.36. The Kier molecular flexibility index (Phi) is 3.38. The van der Waals surface area contributed by atoms with E-state index in [1.807, 2.05) is 5.94 Å². The summed E-state index contributed by atoms with van der Waals surface area (Å²) in [6.07, 6.45) is 0.817. The summed E-state index contributed by atoms with van der Waals surface area (Å²) in [4.78, 5) is 22.8. The maximum Gasteiger partial charge on any atom is 0.219 e. The molecule has 0 radical (unpaired) electrons. The molecule has 1 heterocycles. The molecule has 0 spiro atoms. The minimum absolute atomic E-state index is 0.159. The van der Waals surface area contributed by atoms with Crippen molar-refractivity contribution in [2.24, 2.45) is 5.73 Å². The third-order valence-electron chi connectivity index (χ3n) is 2.10. The van der Waals surface area contributed by atoms with Crippen LogP contribution in [-0.2, 0) is 9.59 Å². The van der Waals surface area contributed by atoms with Gasteiger partial charge in [-0.3, -0.25) is 4.79 Å². The molecule has 76 valence electrons. The van der Waals surface area contributed by atoms with Gasteiger partial charge in [0, 0.05) is 25.1 Å². The van der Waals surface area contributed by atoms with Crippen LogP contribution in [-0.4, -0.2) is 28.5 Å². The van der Waals surface area contributed by atoms with Crippen molar-refractivity contribution in [1.29, 1.82) is 0 Å². The molecule has 0 bridgehead atoms. The lowest BCUT2D eigenvalue weighted by Crippen LogP contribution is -2.24. The Balaban J connectivity index is 2.71. The largest absolute Gasteiger partial charge is 0.370 e. The van der Waals surface area contributed by atoms with Crippen molar-refractivity contribution in [3.8, 4) is 0 Å². The number of hydrogen-bond acceptors (Lipinski definition) is 4. The molecule has 1 saturated heterocycles. The number of rotatable bonds is 3. The number of carbonyl (C=O) groups excluding carboxylic acids is 2. The molecular formula is C9H12N2O2S. The molecule has 14 heavy (non-hydrogen) atoms. The number of amides is 1. The maximum atomic E-state index is 10.6. The fourth-order valence-corrected chi connectivity index (χ4v) is 1.81. The van der Waals surface area contributed by atoms with Crippen LogP contribution in [0.15, 0.2) is 18.0 Å². The summed E-state index contributed by atoms with van der Waals surface area (Å²) >= 11 is 4.21. The molecule has 1 atom stereocenters. The van der Waals surface area contributed by atoms with Crippen LogP contribution in [0, 0.1) is 0 Å². The first-order valence-electron chi connectivity index (χ1n) is 4.23. The van der Waals surface area contributed by atoms with Gasteiger partial charge < -0.3 is 10.6 Å². The molecule has 0 saturated carbocycles. The molecule has 0 aliphatic carbocycles. The lowest BCUT2D eigenvalue weighted by Gasteiger charge is -2.18. The molecule has 1 fully saturated rings. The highest BCUT2D eigenvalue weighted by Gasteiger charge is 2.29. The van der Waals surface area contributed by atoms with Gasteiger partial charge in [-0.15, -0.1) is 0 Å². The van der Waals surface area contributed by atoms with Gasteiger partial charge in [-0.2, -0.15) is 12.6 Å². The first kappa shape index (κ1) is 10.9. The zero-order chi connectivity index (χ0) is 10.7. The van der Waals surface area contributed by atoms with E-state index in [0.717, 1.165) is 5.70 Å². The lowest BCUT2D eigenvalue weighted by atomic mass is 10.3. The van der Waals surface area contributed by atoms with E-state index in [2.05, 4.69) is 19.2 Å². The second-order valence-corrected chi connectivity index (χ2v) is 3.76. The van der Waals surface area contributed by atoms with Crippen LogP contribution in [0.4, 0.5) is 0 Å². The zero-order valence-corrected chi connectivity index (χ0v) is 8.59. The van der Waals surface area contributed by atoms with E-state index >= 15 is 0 Å². The van der Waals surface area contributed by atoms with Crippen LogP contribution in [0.2, 0.25) is 0 Å². The summed E-state index contributed by atoms with van der Waals surface area (Å²) in [7, 11) is 0. The topological polar surface area (TPSA) is 63.4 Å². The Morgan fingerprint density at radius 2 is 2.43 bits per heavy atom. The number of allylic oxidation sites excluding steroid dienone is 1. The maximum absolute atomic E-state index is 10.6. The Morgan fingerprint density at radius 1 is 1.79 bits per heavy atom. The molecule has 1 aliphatic rings. The normalized spacial score (nSPS) is 21.2. The van der Waals surface area contributed by atoms with Crippen molar-refractivity contribution in [1.82, 2.24) is 4.90 Å². The van der Waals surface area contributed by atoms with Crippen LogP contribution in [0.3, 0.4) is 0 Å². The Labute approximate surface area is 87.9 Å². The number of hydrogen-bond donors (Lipinski definition) is 2. The van der Waals surface area contributed by atoms with E-state index in [9.17, 15) is 9.59 Å². The molecule has 0 aromatic carbocycles. The van der Waals surface area contributed by atoms with Crippen LogP contribution in [0.25, 0.3) is 0 Å². The minimum Gasteiger partial charge on any atom is -0.370 e. The molecule has 5 heteroatoms. The van der Waals surface area contributed by atoms with Crippen LogP contribution in [0.5, 0.6) is 0 Å². The van der Waals surface area contributed by atoms with Gasteiger partial charge in [-0.25, -0.2) is 4.79 Å². The van der Waals surface area contributed by atoms with Crippen molar-refractivity contribution in [3.63, 3.8) is 0 Å². The van der Waals surface area contributed by atoms with Crippen molar-refractivity contribution < 1.29 is 9.59 Å². The molecule has 1 aliphatic heterocycles. The Bertz CT molecular complexity index is 321. The molecule has 4 nitrogen and oxygen atoms in total. The van der Waals surface area contributed by atoms with Gasteiger partial charge in [0.1, 0.15) is 11.6 Å². The van der Waals surface area contributed by atoms with Gasteiger partial charge in [0.05, 0.1) is 5.25 Å². The number of nitrogens with zero attached hydrogens (tertiary/aromatic N) is 1. The molecule has 1 rings (SSSR count). The van der Waals surface area contributed by atoms with E-state index in [1.165, 1.54) is 0 Å². The smallest absolute Gasteiger partial charge is 0.219 e. The van der Waals surface area contributed by atoms with E-state index < -0.39 is 5.91 Å². The quantitative estimate of drug-likeness (QED) is 0.515. The predicted molar refractivity (Wildman–Crippen MR) is 56.3 cm³/mol. The molecule has 0 aromatic rings. The van der Waals surface area contributed by atoms with E-state index in [0.29, 0.717) is 18.7 Å². The number of nitrogens with two attached hydrogens (primary N) is 1. The van der Waals surface area contributed by atoms with Gasteiger partial charge in [-0.05, 0) is 0 Å². The second kappa shape index (κ2) is 4.35. The van der Waals surface area contributed by atoms with Crippen molar-refractivity contribution in [2.75, 3.05) is 6.54 Å². The van der Waals surface area contributed by atoms with Crippen LogP contribution < -0.4 is 5.73 Å². The van der Waals surface area contributed by atoms with E-state index in [1.54, 1.807) is 4.90 Å². The summed E-state index contributed by atoms with van der Waals surface area (Å²) < 4.78 is 0. The van der Waals surface area contributed by atoms with Gasteiger partial charge in [0.25, 0.3) is 0 Å². The Hall–Kier alpha value is -1.19. The number of carbonyl (C=O) groups is 1. The number of primary amides is 1. The van der Waals surface area contributed by atoms with Gasteiger partial charge in [-0.1, -0.05) is 6.58 Å². The lowest BCUT2D eigenvalue weighted by molar-refractivity contribution is -0.118. The SMILES string of the molecule is C=C1CC(S)C(=C=O)N1CCC(N)=O. The fourth-order valence-electron chi connectivity index (χ4n) is 1.40. The summed E-state index contributed by atoms with van der Waals surface area (Å²) in [5.41, 5.74) is 6.24. The van der Waals surface area contributed by atoms with Crippen molar-refractivity contribution in [2.45, 2.75) is 18.1 Å². The van der Waals surface area contributed by atoms with Gasteiger partial charge >= 0.3 is 0 Å². The highest BCUT2D eigenvalue weighted by atomic mass is 32.1. The fraction of sp³-hybridized carbons (Fsp3) is 0.444. The number of likely N-dealkylation sites (tertiary alicyclic amines) is 1. The first-order valence-corrected chi connectivity index (χ1v) is 4.74.